The Morgan fingerprint density at radius 3 is 3.04 bits per heavy atom. The van der Waals surface area contributed by atoms with E-state index in [9.17, 15) is 4.79 Å². The Hall–Kier alpha value is -1.93. The molecular formula is C16H21N5O2S. The quantitative estimate of drug-likeness (QED) is 0.765. The molecule has 1 N–H and O–H groups in total. The van der Waals surface area contributed by atoms with E-state index in [0.29, 0.717) is 18.2 Å². The second kappa shape index (κ2) is 8.25. The van der Waals surface area contributed by atoms with E-state index in [1.54, 1.807) is 4.68 Å². The predicted molar refractivity (Wildman–Crippen MR) is 90.7 cm³/mol. The summed E-state index contributed by atoms with van der Waals surface area (Å²) in [5.74, 6) is -0.0234. The number of ether oxygens (including phenoxy) is 1. The first-order valence-corrected chi connectivity index (χ1v) is 8.96. The van der Waals surface area contributed by atoms with E-state index in [2.05, 4.69) is 20.8 Å². The van der Waals surface area contributed by atoms with Crippen molar-refractivity contribution in [1.29, 1.82) is 0 Å². The standard InChI is InChI=1S/C16H21N5O2S/c1-12(15(22)17-10-14-8-5-9-23-14)24-16-18-19-20-21(16)11-13-6-3-2-4-7-13/h2-4,6-7,12,14H,5,8-11H2,1H3,(H,17,22)/t12-,14+/m1/s1. The van der Waals surface area contributed by atoms with Crippen LogP contribution in [0.25, 0.3) is 0 Å². The van der Waals surface area contributed by atoms with Gasteiger partial charge < -0.3 is 10.1 Å². The molecular weight excluding hydrogens is 326 g/mol. The van der Waals surface area contributed by atoms with Crippen LogP contribution < -0.4 is 5.32 Å². The molecule has 1 aromatic heterocycles. The molecule has 0 spiro atoms. The van der Waals surface area contributed by atoms with Crippen molar-refractivity contribution in [2.45, 2.75) is 42.8 Å². The van der Waals surface area contributed by atoms with Crippen LogP contribution in [0.4, 0.5) is 0 Å². The number of carbonyl (C=O) groups is 1. The zero-order chi connectivity index (χ0) is 16.8. The fourth-order valence-electron chi connectivity index (χ4n) is 2.51. The molecule has 1 fully saturated rings. The highest BCUT2D eigenvalue weighted by molar-refractivity contribution is 8.00. The third kappa shape index (κ3) is 4.55. The average molecular weight is 347 g/mol. The summed E-state index contributed by atoms with van der Waals surface area (Å²) in [6.45, 7) is 3.80. The van der Waals surface area contributed by atoms with Gasteiger partial charge in [-0.05, 0) is 35.8 Å². The summed E-state index contributed by atoms with van der Waals surface area (Å²) >= 11 is 1.36. The first-order valence-electron chi connectivity index (χ1n) is 8.08. The summed E-state index contributed by atoms with van der Waals surface area (Å²) in [6.07, 6.45) is 2.23. The van der Waals surface area contributed by atoms with Gasteiger partial charge in [0.15, 0.2) is 0 Å². The largest absolute Gasteiger partial charge is 0.376 e. The molecule has 7 nitrogen and oxygen atoms in total. The SMILES string of the molecule is C[C@@H](Sc1nnnn1Cc1ccccc1)C(=O)NC[C@@H]1CCCO1. The molecule has 128 valence electrons. The lowest BCUT2D eigenvalue weighted by molar-refractivity contribution is -0.120. The summed E-state index contributed by atoms with van der Waals surface area (Å²) in [7, 11) is 0. The number of thioether (sulfide) groups is 1. The zero-order valence-electron chi connectivity index (χ0n) is 13.6. The van der Waals surface area contributed by atoms with Crippen molar-refractivity contribution >= 4 is 17.7 Å². The lowest BCUT2D eigenvalue weighted by Gasteiger charge is -2.14. The summed E-state index contributed by atoms with van der Waals surface area (Å²) in [5, 5.41) is 15.1. The van der Waals surface area contributed by atoms with E-state index in [1.165, 1.54) is 11.8 Å². The summed E-state index contributed by atoms with van der Waals surface area (Å²) in [6, 6.07) is 9.97. The molecule has 1 amide bonds. The lowest BCUT2D eigenvalue weighted by Crippen LogP contribution is -2.36. The van der Waals surface area contributed by atoms with Gasteiger partial charge in [-0.25, -0.2) is 4.68 Å². The van der Waals surface area contributed by atoms with Gasteiger partial charge in [0.05, 0.1) is 17.9 Å². The molecule has 2 atom stereocenters. The van der Waals surface area contributed by atoms with Crippen molar-refractivity contribution in [2.24, 2.45) is 0 Å². The molecule has 3 rings (SSSR count). The smallest absolute Gasteiger partial charge is 0.233 e. The fraction of sp³-hybridized carbons (Fsp3) is 0.500. The van der Waals surface area contributed by atoms with Gasteiger partial charge in [0.1, 0.15) is 0 Å². The summed E-state index contributed by atoms with van der Waals surface area (Å²) in [5.41, 5.74) is 1.11. The highest BCUT2D eigenvalue weighted by Gasteiger charge is 2.21. The molecule has 0 saturated carbocycles. The number of nitrogens with one attached hydrogen (secondary N) is 1. The second-order valence-electron chi connectivity index (χ2n) is 5.74. The fourth-order valence-corrected chi connectivity index (χ4v) is 3.32. The number of hydrogen-bond donors (Lipinski definition) is 1. The monoisotopic (exact) mass is 347 g/mol. The molecule has 2 heterocycles. The van der Waals surface area contributed by atoms with Gasteiger partial charge in [-0.2, -0.15) is 0 Å². The number of hydrogen-bond acceptors (Lipinski definition) is 6. The molecule has 0 unspecified atom stereocenters. The molecule has 0 radical (unpaired) electrons. The van der Waals surface area contributed by atoms with Gasteiger partial charge in [-0.1, -0.05) is 42.1 Å². The maximum atomic E-state index is 12.2. The van der Waals surface area contributed by atoms with Crippen LogP contribution in [-0.2, 0) is 16.1 Å². The third-order valence-electron chi connectivity index (χ3n) is 3.85. The number of rotatable bonds is 7. The number of nitrogens with zero attached hydrogens (tertiary/aromatic N) is 4. The van der Waals surface area contributed by atoms with E-state index in [4.69, 9.17) is 4.74 Å². The van der Waals surface area contributed by atoms with Crippen LogP contribution in [0.2, 0.25) is 0 Å². The van der Waals surface area contributed by atoms with E-state index in [-0.39, 0.29) is 17.3 Å². The van der Waals surface area contributed by atoms with Crippen LogP contribution in [0.1, 0.15) is 25.3 Å². The van der Waals surface area contributed by atoms with Crippen LogP contribution in [-0.4, -0.2) is 50.6 Å². The number of tetrazole rings is 1. The Bertz CT molecular complexity index is 657. The molecule has 0 aliphatic carbocycles. The van der Waals surface area contributed by atoms with Crippen LogP contribution in [0.15, 0.2) is 35.5 Å². The van der Waals surface area contributed by atoms with Crippen molar-refractivity contribution in [3.63, 3.8) is 0 Å². The number of amides is 1. The Kier molecular flexibility index (Phi) is 5.81. The minimum Gasteiger partial charge on any atom is -0.376 e. The van der Waals surface area contributed by atoms with Crippen LogP contribution in [0.5, 0.6) is 0 Å². The summed E-state index contributed by atoms with van der Waals surface area (Å²) < 4.78 is 7.23. The number of aromatic nitrogens is 4. The minimum atomic E-state index is -0.271. The molecule has 1 aliphatic rings. The van der Waals surface area contributed by atoms with Crippen molar-refractivity contribution in [2.75, 3.05) is 13.2 Å². The highest BCUT2D eigenvalue weighted by Crippen LogP contribution is 2.21. The maximum Gasteiger partial charge on any atom is 0.233 e. The molecule has 0 bridgehead atoms. The normalized spacial score (nSPS) is 18.5. The maximum absolute atomic E-state index is 12.2. The Morgan fingerprint density at radius 1 is 1.46 bits per heavy atom. The Labute approximate surface area is 145 Å². The van der Waals surface area contributed by atoms with Crippen molar-refractivity contribution in [3.05, 3.63) is 35.9 Å². The zero-order valence-corrected chi connectivity index (χ0v) is 14.4. The van der Waals surface area contributed by atoms with E-state index < -0.39 is 0 Å². The van der Waals surface area contributed by atoms with Gasteiger partial charge in [0.2, 0.25) is 11.1 Å². The molecule has 24 heavy (non-hydrogen) atoms. The second-order valence-corrected chi connectivity index (χ2v) is 7.05. The number of benzene rings is 1. The topological polar surface area (TPSA) is 81.9 Å². The lowest BCUT2D eigenvalue weighted by atomic mass is 10.2. The van der Waals surface area contributed by atoms with Crippen LogP contribution >= 0.6 is 11.8 Å². The Balaban J connectivity index is 1.53. The summed E-state index contributed by atoms with van der Waals surface area (Å²) in [4.78, 5) is 12.2. The van der Waals surface area contributed by atoms with Crippen LogP contribution in [0, 0.1) is 0 Å². The molecule has 8 heteroatoms. The van der Waals surface area contributed by atoms with Crippen LogP contribution in [0.3, 0.4) is 0 Å². The molecule has 1 saturated heterocycles. The van der Waals surface area contributed by atoms with Gasteiger partial charge in [-0.15, -0.1) is 5.10 Å². The van der Waals surface area contributed by atoms with Gasteiger partial charge >= 0.3 is 0 Å². The van der Waals surface area contributed by atoms with E-state index in [0.717, 1.165) is 25.0 Å². The third-order valence-corrected chi connectivity index (χ3v) is 4.92. The molecule has 1 aromatic carbocycles. The first-order chi connectivity index (χ1) is 11.7. The number of carbonyl (C=O) groups excluding carboxylic acids is 1. The van der Waals surface area contributed by atoms with Gasteiger partial charge in [-0.3, -0.25) is 4.79 Å². The van der Waals surface area contributed by atoms with Gasteiger partial charge in [0.25, 0.3) is 0 Å². The molecule has 1 aliphatic heterocycles. The average Bonchev–Trinajstić information content (AvgIpc) is 3.26. The van der Waals surface area contributed by atoms with Gasteiger partial charge in [0, 0.05) is 13.2 Å². The van der Waals surface area contributed by atoms with Crippen molar-refractivity contribution in [1.82, 2.24) is 25.5 Å². The highest BCUT2D eigenvalue weighted by atomic mass is 32.2. The van der Waals surface area contributed by atoms with Crippen molar-refractivity contribution < 1.29 is 9.53 Å². The molecule has 2 aromatic rings. The van der Waals surface area contributed by atoms with Crippen molar-refractivity contribution in [3.8, 4) is 0 Å². The Morgan fingerprint density at radius 2 is 2.29 bits per heavy atom. The predicted octanol–water partition coefficient (Wildman–Crippen LogP) is 1.50. The van der Waals surface area contributed by atoms with E-state index >= 15 is 0 Å². The minimum absolute atomic E-state index is 0.0234. The van der Waals surface area contributed by atoms with E-state index in [1.807, 2.05) is 37.3 Å². The first kappa shape index (κ1) is 16.9.